The van der Waals surface area contributed by atoms with Crippen LogP contribution in [0.4, 0.5) is 5.69 Å². The van der Waals surface area contributed by atoms with Crippen LogP contribution >= 0.6 is 11.6 Å². The number of nitrogens with one attached hydrogen (secondary N) is 1. The van der Waals surface area contributed by atoms with Gasteiger partial charge in [0.25, 0.3) is 0 Å². The minimum Gasteiger partial charge on any atom is -0.486 e. The van der Waals surface area contributed by atoms with Gasteiger partial charge in [0.2, 0.25) is 11.8 Å². The average molecular weight is 387 g/mol. The molecule has 0 saturated carbocycles. The van der Waals surface area contributed by atoms with Gasteiger partial charge < -0.3 is 19.7 Å². The molecule has 2 aromatic carbocycles. The molecule has 0 spiro atoms. The first-order chi connectivity index (χ1) is 13.1. The predicted molar refractivity (Wildman–Crippen MR) is 101 cm³/mol. The fourth-order valence-electron chi connectivity index (χ4n) is 3.27. The molecule has 1 N–H and O–H groups in total. The molecule has 2 aliphatic heterocycles. The maximum Gasteiger partial charge on any atom is 0.227 e. The van der Waals surface area contributed by atoms with Crippen LogP contribution in [0.25, 0.3) is 0 Å². The summed E-state index contributed by atoms with van der Waals surface area (Å²) in [5.41, 5.74) is 1.68. The van der Waals surface area contributed by atoms with Crippen molar-refractivity contribution in [3.63, 3.8) is 0 Å². The number of halogens is 1. The lowest BCUT2D eigenvalue weighted by Gasteiger charge is -2.22. The fourth-order valence-corrected chi connectivity index (χ4v) is 3.39. The van der Waals surface area contributed by atoms with Gasteiger partial charge in [0, 0.05) is 36.3 Å². The van der Waals surface area contributed by atoms with Crippen LogP contribution in [-0.4, -0.2) is 31.6 Å². The summed E-state index contributed by atoms with van der Waals surface area (Å²) >= 11 is 5.87. The van der Waals surface area contributed by atoms with Crippen LogP contribution in [-0.2, 0) is 16.1 Å². The summed E-state index contributed by atoms with van der Waals surface area (Å²) in [4.78, 5) is 26.5. The third-order valence-electron chi connectivity index (χ3n) is 4.71. The van der Waals surface area contributed by atoms with Gasteiger partial charge in [-0.25, -0.2) is 0 Å². The summed E-state index contributed by atoms with van der Waals surface area (Å²) in [5, 5.41) is 3.55. The van der Waals surface area contributed by atoms with E-state index in [0.29, 0.717) is 42.8 Å². The van der Waals surface area contributed by atoms with Crippen molar-refractivity contribution >= 4 is 29.1 Å². The number of amides is 2. The third kappa shape index (κ3) is 3.85. The summed E-state index contributed by atoms with van der Waals surface area (Å²) in [7, 11) is 0. The Kier molecular flexibility index (Phi) is 4.90. The third-order valence-corrected chi connectivity index (χ3v) is 4.97. The van der Waals surface area contributed by atoms with Crippen LogP contribution in [0.2, 0.25) is 5.02 Å². The van der Waals surface area contributed by atoms with E-state index in [9.17, 15) is 9.59 Å². The number of fused-ring (bicyclic) bond motifs is 1. The molecule has 0 bridgehead atoms. The monoisotopic (exact) mass is 386 g/mol. The molecule has 2 heterocycles. The highest BCUT2D eigenvalue weighted by Crippen LogP contribution is 2.36. The van der Waals surface area contributed by atoms with E-state index in [1.54, 1.807) is 29.2 Å². The first-order valence-electron chi connectivity index (χ1n) is 8.82. The molecule has 0 aliphatic carbocycles. The van der Waals surface area contributed by atoms with Crippen molar-refractivity contribution in [1.82, 2.24) is 5.32 Å². The van der Waals surface area contributed by atoms with Gasteiger partial charge in [-0.3, -0.25) is 9.59 Å². The molecule has 6 nitrogen and oxygen atoms in total. The second-order valence-corrected chi connectivity index (χ2v) is 7.01. The predicted octanol–water partition coefficient (Wildman–Crippen LogP) is 2.78. The van der Waals surface area contributed by atoms with Crippen molar-refractivity contribution in [3.05, 3.63) is 53.1 Å². The first-order valence-corrected chi connectivity index (χ1v) is 9.20. The molecule has 7 heteroatoms. The van der Waals surface area contributed by atoms with Crippen LogP contribution in [0.15, 0.2) is 42.5 Å². The van der Waals surface area contributed by atoms with E-state index in [1.807, 2.05) is 18.2 Å². The number of carbonyl (C=O) groups is 2. The van der Waals surface area contributed by atoms with Crippen molar-refractivity contribution in [2.75, 3.05) is 24.7 Å². The SMILES string of the molecule is O=C(NCc1ccc(Cl)cc1)[C@@H]1CC(=O)N(c2ccc3c(c2)OCCO3)C1. The van der Waals surface area contributed by atoms with E-state index >= 15 is 0 Å². The zero-order valence-corrected chi connectivity index (χ0v) is 15.4. The number of anilines is 1. The Morgan fingerprint density at radius 2 is 1.85 bits per heavy atom. The molecule has 0 aromatic heterocycles. The number of hydrogen-bond acceptors (Lipinski definition) is 4. The Morgan fingerprint density at radius 1 is 1.11 bits per heavy atom. The van der Waals surface area contributed by atoms with E-state index in [2.05, 4.69) is 5.32 Å². The second-order valence-electron chi connectivity index (χ2n) is 6.58. The number of benzene rings is 2. The van der Waals surface area contributed by atoms with Gasteiger partial charge in [-0.15, -0.1) is 0 Å². The van der Waals surface area contributed by atoms with Gasteiger partial charge in [0.15, 0.2) is 11.5 Å². The largest absolute Gasteiger partial charge is 0.486 e. The summed E-state index contributed by atoms with van der Waals surface area (Å²) in [6.45, 7) is 1.76. The standard InChI is InChI=1S/C20H19ClN2O4/c21-15-3-1-13(2-4-15)11-22-20(25)14-9-19(24)23(12-14)16-5-6-17-18(10-16)27-8-7-26-17/h1-6,10,14H,7-9,11-12H2,(H,22,25)/t14-/m1/s1. The van der Waals surface area contributed by atoms with E-state index in [1.165, 1.54) is 0 Å². The molecule has 0 unspecified atom stereocenters. The normalized spacial score (nSPS) is 18.5. The van der Waals surface area contributed by atoms with E-state index < -0.39 is 0 Å². The molecule has 140 valence electrons. The van der Waals surface area contributed by atoms with Crippen LogP contribution in [0.5, 0.6) is 11.5 Å². The van der Waals surface area contributed by atoms with E-state index in [-0.39, 0.29) is 24.2 Å². The molecule has 1 atom stereocenters. The zero-order valence-electron chi connectivity index (χ0n) is 14.6. The second kappa shape index (κ2) is 7.48. The summed E-state index contributed by atoms with van der Waals surface area (Å²) in [5.74, 6) is 0.728. The van der Waals surface area contributed by atoms with Crippen LogP contribution in [0.1, 0.15) is 12.0 Å². The van der Waals surface area contributed by atoms with Crippen molar-refractivity contribution in [3.8, 4) is 11.5 Å². The van der Waals surface area contributed by atoms with Crippen LogP contribution in [0, 0.1) is 5.92 Å². The van der Waals surface area contributed by atoms with Gasteiger partial charge in [-0.05, 0) is 29.8 Å². The maximum atomic E-state index is 12.5. The number of carbonyl (C=O) groups excluding carboxylic acids is 2. The van der Waals surface area contributed by atoms with Crippen molar-refractivity contribution < 1.29 is 19.1 Å². The molecular weight excluding hydrogens is 368 g/mol. The molecule has 0 radical (unpaired) electrons. The first kappa shape index (κ1) is 17.7. The Balaban J connectivity index is 1.39. The van der Waals surface area contributed by atoms with Crippen molar-refractivity contribution in [1.29, 1.82) is 0 Å². The Labute approximate surface area is 162 Å². The quantitative estimate of drug-likeness (QED) is 0.877. The van der Waals surface area contributed by atoms with Gasteiger partial charge >= 0.3 is 0 Å². The molecule has 2 amide bonds. The van der Waals surface area contributed by atoms with Gasteiger partial charge in [0.1, 0.15) is 13.2 Å². The maximum absolute atomic E-state index is 12.5. The lowest BCUT2D eigenvalue weighted by molar-refractivity contribution is -0.126. The topological polar surface area (TPSA) is 67.9 Å². The molecular formula is C20H19ClN2O4. The number of ether oxygens (including phenoxy) is 2. The molecule has 4 rings (SSSR count). The molecule has 1 saturated heterocycles. The Morgan fingerprint density at radius 3 is 2.63 bits per heavy atom. The van der Waals surface area contributed by atoms with E-state index in [4.69, 9.17) is 21.1 Å². The van der Waals surface area contributed by atoms with Gasteiger partial charge in [0.05, 0.1) is 5.92 Å². The minimum absolute atomic E-state index is 0.0710. The van der Waals surface area contributed by atoms with E-state index in [0.717, 1.165) is 11.3 Å². The highest BCUT2D eigenvalue weighted by molar-refractivity contribution is 6.30. The van der Waals surface area contributed by atoms with Crippen molar-refractivity contribution in [2.45, 2.75) is 13.0 Å². The van der Waals surface area contributed by atoms with Crippen LogP contribution < -0.4 is 19.7 Å². The Hall–Kier alpha value is -2.73. The Bertz CT molecular complexity index is 869. The zero-order chi connectivity index (χ0) is 18.8. The van der Waals surface area contributed by atoms with Crippen molar-refractivity contribution in [2.24, 2.45) is 5.92 Å². The number of nitrogens with zero attached hydrogens (tertiary/aromatic N) is 1. The van der Waals surface area contributed by atoms with Crippen LogP contribution in [0.3, 0.4) is 0 Å². The number of rotatable bonds is 4. The smallest absolute Gasteiger partial charge is 0.227 e. The highest BCUT2D eigenvalue weighted by Gasteiger charge is 2.35. The molecule has 27 heavy (non-hydrogen) atoms. The van der Waals surface area contributed by atoms with Gasteiger partial charge in [-0.2, -0.15) is 0 Å². The molecule has 1 fully saturated rings. The van der Waals surface area contributed by atoms with Gasteiger partial charge in [-0.1, -0.05) is 23.7 Å². The lowest BCUT2D eigenvalue weighted by Crippen LogP contribution is -2.32. The summed E-state index contributed by atoms with van der Waals surface area (Å²) < 4.78 is 11.1. The lowest BCUT2D eigenvalue weighted by atomic mass is 10.1. The average Bonchev–Trinajstić information content (AvgIpc) is 3.09. The fraction of sp³-hybridized carbons (Fsp3) is 0.300. The highest BCUT2D eigenvalue weighted by atomic mass is 35.5. The summed E-state index contributed by atoms with van der Waals surface area (Å²) in [6.07, 6.45) is 0.195. The summed E-state index contributed by atoms with van der Waals surface area (Å²) in [6, 6.07) is 12.7. The molecule has 2 aromatic rings. The minimum atomic E-state index is -0.377. The molecule has 2 aliphatic rings. The number of hydrogen-bond donors (Lipinski definition) is 1.